The van der Waals surface area contributed by atoms with Crippen molar-refractivity contribution in [3.05, 3.63) is 29.7 Å². The third-order valence-corrected chi connectivity index (χ3v) is 4.75. The van der Waals surface area contributed by atoms with Crippen LogP contribution >= 0.6 is 0 Å². The lowest BCUT2D eigenvalue weighted by molar-refractivity contribution is -0.157. The number of nitrogens with zero attached hydrogens (tertiary/aromatic N) is 8. The Morgan fingerprint density at radius 1 is 1.11 bits per heavy atom. The number of fused-ring (bicyclic) bond motifs is 1. The summed E-state index contributed by atoms with van der Waals surface area (Å²) in [5.41, 5.74) is 0.688. The molecule has 9 nitrogen and oxygen atoms in total. The molecule has 28 heavy (non-hydrogen) atoms. The van der Waals surface area contributed by atoms with Gasteiger partial charge in [0.05, 0.1) is 6.54 Å². The summed E-state index contributed by atoms with van der Waals surface area (Å²) >= 11 is 0. The van der Waals surface area contributed by atoms with Gasteiger partial charge in [0.2, 0.25) is 5.89 Å². The third-order valence-electron chi connectivity index (χ3n) is 4.75. The maximum Gasteiger partial charge on any atom is 0.470 e. The summed E-state index contributed by atoms with van der Waals surface area (Å²) in [6, 6.07) is 3.76. The molecular weight excluding hydrogens is 377 g/mol. The van der Waals surface area contributed by atoms with E-state index in [0.717, 1.165) is 24.5 Å². The molecule has 0 saturated carbocycles. The van der Waals surface area contributed by atoms with Gasteiger partial charge in [-0.3, -0.25) is 4.90 Å². The van der Waals surface area contributed by atoms with Gasteiger partial charge in [-0.15, -0.1) is 25.5 Å². The van der Waals surface area contributed by atoms with Gasteiger partial charge in [-0.1, -0.05) is 0 Å². The van der Waals surface area contributed by atoms with E-state index in [-0.39, 0.29) is 18.4 Å². The quantitative estimate of drug-likeness (QED) is 0.662. The number of halogens is 3. The van der Waals surface area contributed by atoms with Crippen molar-refractivity contribution in [2.45, 2.75) is 31.5 Å². The normalized spacial score (nSPS) is 16.8. The first-order valence-electron chi connectivity index (χ1n) is 8.83. The first kappa shape index (κ1) is 18.6. The van der Waals surface area contributed by atoms with E-state index in [1.54, 1.807) is 4.52 Å². The highest BCUT2D eigenvalue weighted by Crippen LogP contribution is 2.30. The Kier molecular flexibility index (Phi) is 4.65. The largest absolute Gasteiger partial charge is 0.470 e. The van der Waals surface area contributed by atoms with E-state index in [2.05, 4.69) is 25.5 Å². The molecule has 0 atom stereocenters. The zero-order chi connectivity index (χ0) is 19.9. The minimum absolute atomic E-state index is 0.0315. The van der Waals surface area contributed by atoms with Gasteiger partial charge in [-0.2, -0.15) is 17.7 Å². The number of rotatable bonds is 4. The van der Waals surface area contributed by atoms with Gasteiger partial charge in [0.25, 0.3) is 0 Å². The van der Waals surface area contributed by atoms with Crippen LogP contribution in [0, 0.1) is 0 Å². The summed E-state index contributed by atoms with van der Waals surface area (Å²) in [4.78, 5) is 3.90. The van der Waals surface area contributed by atoms with Crippen LogP contribution in [-0.4, -0.2) is 62.1 Å². The minimum Gasteiger partial charge on any atom is -0.416 e. The molecule has 0 spiro atoms. The van der Waals surface area contributed by atoms with E-state index in [9.17, 15) is 13.2 Å². The van der Waals surface area contributed by atoms with Gasteiger partial charge in [0.15, 0.2) is 11.5 Å². The lowest BCUT2D eigenvalue weighted by Crippen LogP contribution is -2.33. The lowest BCUT2D eigenvalue weighted by Gasteiger charge is -2.29. The molecule has 0 unspecified atom stereocenters. The topological polar surface area (TPSA) is 88.5 Å². The van der Waals surface area contributed by atoms with Crippen molar-refractivity contribution in [1.29, 1.82) is 0 Å². The number of aromatic nitrogens is 6. The van der Waals surface area contributed by atoms with E-state index in [4.69, 9.17) is 4.42 Å². The van der Waals surface area contributed by atoms with Crippen molar-refractivity contribution in [1.82, 2.24) is 34.9 Å². The van der Waals surface area contributed by atoms with Crippen molar-refractivity contribution < 1.29 is 17.6 Å². The van der Waals surface area contributed by atoms with E-state index >= 15 is 0 Å². The predicted octanol–water partition coefficient (Wildman–Crippen LogP) is 1.97. The van der Waals surface area contributed by atoms with Gasteiger partial charge < -0.3 is 9.32 Å². The smallest absolute Gasteiger partial charge is 0.416 e. The van der Waals surface area contributed by atoms with Crippen LogP contribution in [0.2, 0.25) is 0 Å². The van der Waals surface area contributed by atoms with Crippen LogP contribution in [0.4, 0.5) is 19.0 Å². The zero-order valence-corrected chi connectivity index (χ0v) is 15.4. The summed E-state index contributed by atoms with van der Waals surface area (Å²) < 4.78 is 44.2. The Bertz CT molecular complexity index is 958. The van der Waals surface area contributed by atoms with Crippen LogP contribution in [0.15, 0.2) is 16.5 Å². The van der Waals surface area contributed by atoms with Crippen molar-refractivity contribution >= 4 is 11.5 Å². The molecule has 150 valence electrons. The number of likely N-dealkylation sites (tertiary alicyclic amines) is 1. The molecule has 0 amide bonds. The fourth-order valence-electron chi connectivity index (χ4n) is 3.26. The Morgan fingerprint density at radius 3 is 2.50 bits per heavy atom. The standard InChI is InChI=1S/C16H19F3N8O/c1-25(2)12-4-3-11-20-22-14(27(11)24-12)10-5-7-26(8-6-10)9-13-21-23-15(28-13)16(17,18)19/h3-4,10H,5-9H2,1-2H3. The van der Waals surface area contributed by atoms with Crippen LogP contribution in [0.25, 0.3) is 5.65 Å². The maximum absolute atomic E-state index is 12.6. The van der Waals surface area contributed by atoms with Crippen molar-refractivity contribution in [3.63, 3.8) is 0 Å². The number of hydrogen-bond acceptors (Lipinski definition) is 8. The number of hydrogen-bond donors (Lipinski definition) is 0. The summed E-state index contributed by atoms with van der Waals surface area (Å²) in [5, 5.41) is 19.6. The van der Waals surface area contributed by atoms with Crippen LogP contribution in [0.3, 0.4) is 0 Å². The Labute approximate surface area is 158 Å². The summed E-state index contributed by atoms with van der Waals surface area (Å²) in [6.07, 6.45) is -3.05. The fraction of sp³-hybridized carbons (Fsp3) is 0.562. The molecule has 0 aliphatic carbocycles. The number of piperidine rings is 1. The summed E-state index contributed by atoms with van der Waals surface area (Å²) in [6.45, 7) is 1.55. The van der Waals surface area contributed by atoms with Gasteiger partial charge in [0, 0.05) is 20.0 Å². The van der Waals surface area contributed by atoms with Gasteiger partial charge in [-0.05, 0) is 38.1 Å². The van der Waals surface area contributed by atoms with E-state index in [1.165, 1.54) is 0 Å². The Balaban J connectivity index is 1.42. The molecule has 0 N–H and O–H groups in total. The van der Waals surface area contributed by atoms with Gasteiger partial charge in [0.1, 0.15) is 5.82 Å². The highest BCUT2D eigenvalue weighted by Gasteiger charge is 2.38. The monoisotopic (exact) mass is 396 g/mol. The number of anilines is 1. The van der Waals surface area contributed by atoms with Crippen LogP contribution in [0.1, 0.15) is 36.4 Å². The van der Waals surface area contributed by atoms with E-state index in [1.807, 2.05) is 36.0 Å². The second kappa shape index (κ2) is 7.00. The molecule has 3 aromatic rings. The Hall–Kier alpha value is -2.76. The highest BCUT2D eigenvalue weighted by molar-refractivity contribution is 5.45. The van der Waals surface area contributed by atoms with Crippen molar-refractivity contribution in [2.75, 3.05) is 32.1 Å². The average Bonchev–Trinajstić information content (AvgIpc) is 3.28. The molecule has 12 heteroatoms. The second-order valence-corrected chi connectivity index (χ2v) is 6.96. The zero-order valence-electron chi connectivity index (χ0n) is 15.4. The second-order valence-electron chi connectivity index (χ2n) is 6.96. The van der Waals surface area contributed by atoms with E-state index < -0.39 is 12.1 Å². The third kappa shape index (κ3) is 3.63. The molecule has 0 bridgehead atoms. The Morgan fingerprint density at radius 2 is 1.86 bits per heavy atom. The SMILES string of the molecule is CN(C)c1ccc2nnc(C3CCN(Cc4nnc(C(F)(F)F)o4)CC3)n2n1. The van der Waals surface area contributed by atoms with E-state index in [0.29, 0.717) is 18.7 Å². The molecule has 0 radical (unpaired) electrons. The van der Waals surface area contributed by atoms with Crippen LogP contribution in [-0.2, 0) is 12.7 Å². The summed E-state index contributed by atoms with van der Waals surface area (Å²) in [5.74, 6) is 0.439. The first-order chi connectivity index (χ1) is 13.3. The molecule has 4 rings (SSSR count). The fourth-order valence-corrected chi connectivity index (χ4v) is 3.26. The molecule has 1 aliphatic heterocycles. The molecular formula is C16H19F3N8O. The first-order valence-corrected chi connectivity index (χ1v) is 8.83. The van der Waals surface area contributed by atoms with Gasteiger partial charge >= 0.3 is 12.1 Å². The van der Waals surface area contributed by atoms with Crippen molar-refractivity contribution in [2.24, 2.45) is 0 Å². The maximum atomic E-state index is 12.6. The van der Waals surface area contributed by atoms with Crippen molar-refractivity contribution in [3.8, 4) is 0 Å². The van der Waals surface area contributed by atoms with Crippen LogP contribution < -0.4 is 4.90 Å². The molecule has 1 aliphatic rings. The minimum atomic E-state index is -4.62. The van der Waals surface area contributed by atoms with Gasteiger partial charge in [-0.25, -0.2) is 0 Å². The van der Waals surface area contributed by atoms with Crippen LogP contribution in [0.5, 0.6) is 0 Å². The molecule has 1 fully saturated rings. The molecule has 3 aromatic heterocycles. The molecule has 4 heterocycles. The summed E-state index contributed by atoms with van der Waals surface area (Å²) in [7, 11) is 3.83. The molecule has 1 saturated heterocycles. The number of alkyl halides is 3. The predicted molar refractivity (Wildman–Crippen MR) is 91.7 cm³/mol. The lowest BCUT2D eigenvalue weighted by atomic mass is 9.96. The molecule has 0 aromatic carbocycles. The highest BCUT2D eigenvalue weighted by atomic mass is 19.4. The average molecular weight is 396 g/mol.